The Kier molecular flexibility index (Phi) is 4.17. The SMILES string of the molecule is c1cc(CNc2cc3c(cn2)[nH]c2ccccc23)cc(OC2CCCC2)c1. The van der Waals surface area contributed by atoms with Gasteiger partial charge >= 0.3 is 0 Å². The van der Waals surface area contributed by atoms with Crippen LogP contribution in [0.25, 0.3) is 21.8 Å². The van der Waals surface area contributed by atoms with Gasteiger partial charge in [-0.15, -0.1) is 0 Å². The number of aromatic amines is 1. The number of pyridine rings is 1. The molecule has 5 rings (SSSR count). The van der Waals surface area contributed by atoms with E-state index in [9.17, 15) is 0 Å². The zero-order chi connectivity index (χ0) is 18.1. The van der Waals surface area contributed by atoms with E-state index in [0.29, 0.717) is 6.10 Å². The van der Waals surface area contributed by atoms with Crippen molar-refractivity contribution in [2.45, 2.75) is 38.3 Å². The highest BCUT2D eigenvalue weighted by molar-refractivity contribution is 6.07. The monoisotopic (exact) mass is 357 g/mol. The number of H-pyrrole nitrogens is 1. The third-order valence-corrected chi connectivity index (χ3v) is 5.37. The molecule has 2 aromatic heterocycles. The van der Waals surface area contributed by atoms with Crippen molar-refractivity contribution in [3.63, 3.8) is 0 Å². The van der Waals surface area contributed by atoms with Crippen LogP contribution in [0, 0.1) is 0 Å². The Balaban J connectivity index is 1.32. The molecule has 2 heterocycles. The van der Waals surface area contributed by atoms with E-state index in [1.54, 1.807) is 0 Å². The minimum atomic E-state index is 0.388. The Labute approximate surface area is 158 Å². The molecule has 0 radical (unpaired) electrons. The van der Waals surface area contributed by atoms with Crippen molar-refractivity contribution in [3.05, 3.63) is 66.4 Å². The molecule has 0 aliphatic heterocycles. The minimum absolute atomic E-state index is 0.388. The second-order valence-electron chi connectivity index (χ2n) is 7.31. The Morgan fingerprint density at radius 3 is 2.78 bits per heavy atom. The molecule has 0 atom stereocenters. The van der Waals surface area contributed by atoms with E-state index in [2.05, 4.69) is 63.8 Å². The van der Waals surface area contributed by atoms with E-state index in [1.807, 2.05) is 12.3 Å². The fraction of sp³-hybridized carbons (Fsp3) is 0.261. The first-order valence-corrected chi connectivity index (χ1v) is 9.71. The topological polar surface area (TPSA) is 49.9 Å². The quantitative estimate of drug-likeness (QED) is 0.485. The standard InChI is InChI=1S/C23H23N3O/c1-2-8-17(7-1)27-18-9-5-6-16(12-18)14-24-23-13-20-19-10-3-4-11-21(19)26-22(20)15-25-23/h3-6,9-13,15,17,26H,1-2,7-8,14H2,(H,24,25). The summed E-state index contributed by atoms with van der Waals surface area (Å²) < 4.78 is 6.12. The number of benzene rings is 2. The third-order valence-electron chi connectivity index (χ3n) is 5.37. The molecule has 0 bridgehead atoms. The lowest BCUT2D eigenvalue weighted by molar-refractivity contribution is 0.210. The van der Waals surface area contributed by atoms with E-state index in [1.165, 1.54) is 42.0 Å². The first kappa shape index (κ1) is 16.2. The average molecular weight is 357 g/mol. The number of aromatic nitrogens is 2. The number of hydrogen-bond donors (Lipinski definition) is 2. The van der Waals surface area contributed by atoms with Crippen molar-refractivity contribution in [1.82, 2.24) is 9.97 Å². The van der Waals surface area contributed by atoms with Crippen molar-refractivity contribution >= 4 is 27.6 Å². The van der Waals surface area contributed by atoms with Gasteiger partial charge in [0.05, 0.1) is 17.8 Å². The largest absolute Gasteiger partial charge is 0.490 e. The summed E-state index contributed by atoms with van der Waals surface area (Å²) in [6.45, 7) is 0.725. The van der Waals surface area contributed by atoms with E-state index in [4.69, 9.17) is 4.74 Å². The molecule has 1 fully saturated rings. The number of fused-ring (bicyclic) bond motifs is 3. The van der Waals surface area contributed by atoms with Crippen molar-refractivity contribution in [2.75, 3.05) is 5.32 Å². The van der Waals surface area contributed by atoms with Gasteiger partial charge in [-0.2, -0.15) is 0 Å². The van der Waals surface area contributed by atoms with E-state index >= 15 is 0 Å². The Morgan fingerprint density at radius 2 is 1.85 bits per heavy atom. The van der Waals surface area contributed by atoms with Crippen molar-refractivity contribution in [3.8, 4) is 5.75 Å². The maximum atomic E-state index is 6.12. The van der Waals surface area contributed by atoms with Crippen LogP contribution in [0.1, 0.15) is 31.2 Å². The Morgan fingerprint density at radius 1 is 0.963 bits per heavy atom. The van der Waals surface area contributed by atoms with Crippen LogP contribution in [0.15, 0.2) is 60.8 Å². The molecule has 0 spiro atoms. The number of anilines is 1. The van der Waals surface area contributed by atoms with Gasteiger partial charge in [0.2, 0.25) is 0 Å². The zero-order valence-electron chi connectivity index (χ0n) is 15.2. The van der Waals surface area contributed by atoms with E-state index in [-0.39, 0.29) is 0 Å². The third kappa shape index (κ3) is 3.35. The molecular formula is C23H23N3O. The van der Waals surface area contributed by atoms with Crippen LogP contribution in [-0.4, -0.2) is 16.1 Å². The molecule has 27 heavy (non-hydrogen) atoms. The number of rotatable bonds is 5. The van der Waals surface area contributed by atoms with Gasteiger partial charge in [0.25, 0.3) is 0 Å². The summed E-state index contributed by atoms with van der Waals surface area (Å²) in [4.78, 5) is 7.96. The molecule has 0 saturated heterocycles. The Bertz CT molecular complexity index is 1080. The first-order chi connectivity index (χ1) is 13.3. The van der Waals surface area contributed by atoms with Gasteiger partial charge in [0, 0.05) is 22.8 Å². The molecule has 0 unspecified atom stereocenters. The number of para-hydroxylation sites is 1. The molecular weight excluding hydrogens is 334 g/mol. The second-order valence-corrected chi connectivity index (χ2v) is 7.31. The van der Waals surface area contributed by atoms with Crippen LogP contribution in [0.3, 0.4) is 0 Å². The summed E-state index contributed by atoms with van der Waals surface area (Å²) in [7, 11) is 0. The molecule has 2 N–H and O–H groups in total. The normalized spacial score (nSPS) is 14.8. The van der Waals surface area contributed by atoms with Crippen LogP contribution in [0.5, 0.6) is 5.75 Å². The van der Waals surface area contributed by atoms with Crippen molar-refractivity contribution in [2.24, 2.45) is 0 Å². The number of ether oxygens (including phenoxy) is 1. The number of nitrogens with one attached hydrogen (secondary N) is 2. The van der Waals surface area contributed by atoms with E-state index < -0.39 is 0 Å². The molecule has 1 saturated carbocycles. The highest BCUT2D eigenvalue weighted by Crippen LogP contribution is 2.27. The zero-order valence-corrected chi connectivity index (χ0v) is 15.2. The molecule has 1 aliphatic rings. The van der Waals surface area contributed by atoms with E-state index in [0.717, 1.165) is 29.1 Å². The lowest BCUT2D eigenvalue weighted by atomic mass is 10.2. The smallest absolute Gasteiger partial charge is 0.126 e. The maximum Gasteiger partial charge on any atom is 0.126 e. The van der Waals surface area contributed by atoms with Crippen LogP contribution < -0.4 is 10.1 Å². The van der Waals surface area contributed by atoms with Gasteiger partial charge < -0.3 is 15.0 Å². The van der Waals surface area contributed by atoms with Crippen LogP contribution >= 0.6 is 0 Å². The summed E-state index contributed by atoms with van der Waals surface area (Å²) in [6.07, 6.45) is 7.21. The molecule has 4 heteroatoms. The summed E-state index contributed by atoms with van der Waals surface area (Å²) in [5.41, 5.74) is 3.41. The van der Waals surface area contributed by atoms with Gasteiger partial charge in [0.15, 0.2) is 0 Å². The summed E-state index contributed by atoms with van der Waals surface area (Å²) in [6, 6.07) is 18.8. The van der Waals surface area contributed by atoms with Gasteiger partial charge in [0.1, 0.15) is 11.6 Å². The fourth-order valence-corrected chi connectivity index (χ4v) is 3.97. The molecule has 4 nitrogen and oxygen atoms in total. The minimum Gasteiger partial charge on any atom is -0.490 e. The van der Waals surface area contributed by atoms with Crippen molar-refractivity contribution < 1.29 is 4.74 Å². The lowest BCUT2D eigenvalue weighted by Crippen LogP contribution is -2.11. The maximum absolute atomic E-state index is 6.12. The predicted molar refractivity (Wildman–Crippen MR) is 110 cm³/mol. The number of hydrogen-bond acceptors (Lipinski definition) is 3. The van der Waals surface area contributed by atoms with Gasteiger partial charge in [-0.3, -0.25) is 0 Å². The summed E-state index contributed by atoms with van der Waals surface area (Å²) in [5.74, 6) is 1.86. The molecule has 4 aromatic rings. The fourth-order valence-electron chi connectivity index (χ4n) is 3.97. The highest BCUT2D eigenvalue weighted by Gasteiger charge is 2.16. The van der Waals surface area contributed by atoms with Crippen LogP contribution in [0.4, 0.5) is 5.82 Å². The molecule has 1 aliphatic carbocycles. The lowest BCUT2D eigenvalue weighted by Gasteiger charge is -2.14. The first-order valence-electron chi connectivity index (χ1n) is 9.71. The van der Waals surface area contributed by atoms with Crippen molar-refractivity contribution in [1.29, 1.82) is 0 Å². The number of nitrogens with zero attached hydrogens (tertiary/aromatic N) is 1. The van der Waals surface area contributed by atoms with Crippen LogP contribution in [0.2, 0.25) is 0 Å². The summed E-state index contributed by atoms with van der Waals surface area (Å²) in [5, 5.41) is 5.87. The average Bonchev–Trinajstić information content (AvgIpc) is 3.34. The van der Waals surface area contributed by atoms with Gasteiger partial charge in [-0.05, 0) is 55.5 Å². The predicted octanol–water partition coefficient (Wildman–Crippen LogP) is 5.65. The second kappa shape index (κ2) is 6.95. The van der Waals surface area contributed by atoms with Gasteiger partial charge in [-0.1, -0.05) is 30.3 Å². The highest BCUT2D eigenvalue weighted by atomic mass is 16.5. The molecule has 2 aromatic carbocycles. The van der Waals surface area contributed by atoms with Crippen LogP contribution in [-0.2, 0) is 6.54 Å². The Hall–Kier alpha value is -3.01. The molecule has 0 amide bonds. The van der Waals surface area contributed by atoms with Gasteiger partial charge in [-0.25, -0.2) is 4.98 Å². The summed E-state index contributed by atoms with van der Waals surface area (Å²) >= 11 is 0. The molecule has 136 valence electrons.